The van der Waals surface area contributed by atoms with Gasteiger partial charge in [0, 0.05) is 37.5 Å². The average Bonchev–Trinajstić information content (AvgIpc) is 3.26. The highest BCUT2D eigenvalue weighted by Gasteiger charge is 2.18. The molecule has 1 amide bonds. The Bertz CT molecular complexity index is 1100. The summed E-state index contributed by atoms with van der Waals surface area (Å²) in [5.74, 6) is 0.734. The summed E-state index contributed by atoms with van der Waals surface area (Å²) in [6.07, 6.45) is 4.00. The number of amides is 1. The van der Waals surface area contributed by atoms with E-state index in [9.17, 15) is 9.59 Å². The Morgan fingerprint density at radius 1 is 1.21 bits per heavy atom. The van der Waals surface area contributed by atoms with Gasteiger partial charge in [-0.3, -0.25) is 19.6 Å². The summed E-state index contributed by atoms with van der Waals surface area (Å²) in [5, 5.41) is 15.0. The predicted molar refractivity (Wildman–Crippen MR) is 110 cm³/mol. The second-order valence-electron chi connectivity index (χ2n) is 7.57. The molecule has 0 spiro atoms. The lowest BCUT2D eigenvalue weighted by atomic mass is 10.0. The van der Waals surface area contributed by atoms with E-state index < -0.39 is 0 Å². The van der Waals surface area contributed by atoms with Crippen molar-refractivity contribution in [2.75, 3.05) is 23.3 Å². The van der Waals surface area contributed by atoms with Crippen molar-refractivity contribution in [2.45, 2.75) is 46.0 Å². The normalized spacial score (nSPS) is 14.5. The van der Waals surface area contributed by atoms with Gasteiger partial charge < -0.3 is 9.88 Å². The number of piperidine rings is 1. The van der Waals surface area contributed by atoms with Gasteiger partial charge in [-0.15, -0.1) is 5.10 Å². The Kier molecular flexibility index (Phi) is 5.08. The van der Waals surface area contributed by atoms with Crippen LogP contribution in [0.25, 0.3) is 11.0 Å². The van der Waals surface area contributed by atoms with Gasteiger partial charge in [0.05, 0.1) is 5.69 Å². The van der Waals surface area contributed by atoms with Crippen LogP contribution < -0.4 is 15.8 Å². The number of aryl methyl sites for hydroxylation is 3. The third-order valence-corrected chi connectivity index (χ3v) is 5.53. The summed E-state index contributed by atoms with van der Waals surface area (Å²) < 4.78 is 1.67. The van der Waals surface area contributed by atoms with E-state index in [0.29, 0.717) is 29.5 Å². The summed E-state index contributed by atoms with van der Waals surface area (Å²) in [6, 6.07) is 0. The number of hydrogen-bond acceptors (Lipinski definition) is 6. The highest BCUT2D eigenvalue weighted by atomic mass is 16.1. The molecule has 154 valence electrons. The number of aromatic amines is 2. The zero-order chi connectivity index (χ0) is 20.5. The maximum Gasteiger partial charge on any atom is 0.253 e. The molecule has 3 aromatic heterocycles. The summed E-state index contributed by atoms with van der Waals surface area (Å²) in [7, 11) is 1.80. The van der Waals surface area contributed by atoms with E-state index in [1.807, 2.05) is 13.8 Å². The van der Waals surface area contributed by atoms with Gasteiger partial charge in [0.2, 0.25) is 17.8 Å². The van der Waals surface area contributed by atoms with Crippen molar-refractivity contribution in [2.24, 2.45) is 7.05 Å². The number of carbonyl (C=O) groups is 1. The summed E-state index contributed by atoms with van der Waals surface area (Å²) in [4.78, 5) is 34.3. The fourth-order valence-corrected chi connectivity index (χ4v) is 4.03. The number of nitrogens with zero attached hydrogens (tertiary/aromatic N) is 5. The summed E-state index contributed by atoms with van der Waals surface area (Å²) in [5.41, 5.74) is 2.85. The smallest absolute Gasteiger partial charge is 0.253 e. The Hall–Kier alpha value is -3.17. The average molecular weight is 398 g/mol. The minimum atomic E-state index is -0.215. The first-order chi connectivity index (χ1) is 13.9. The number of fused-ring (bicyclic) bond motifs is 1. The van der Waals surface area contributed by atoms with Crippen LogP contribution in [0.2, 0.25) is 0 Å². The quantitative estimate of drug-likeness (QED) is 0.599. The minimum Gasteiger partial charge on any atom is -0.340 e. The number of hydrogen-bond donors (Lipinski definition) is 3. The van der Waals surface area contributed by atoms with Crippen LogP contribution >= 0.6 is 0 Å². The number of anilines is 2. The third kappa shape index (κ3) is 3.74. The molecule has 4 rings (SSSR count). The highest BCUT2D eigenvalue weighted by molar-refractivity contribution is 5.89. The van der Waals surface area contributed by atoms with E-state index in [1.165, 1.54) is 6.42 Å². The predicted octanol–water partition coefficient (Wildman–Crippen LogP) is 1.56. The first kappa shape index (κ1) is 19.2. The molecule has 1 aliphatic heterocycles. The zero-order valence-electron chi connectivity index (χ0n) is 17.0. The monoisotopic (exact) mass is 398 g/mol. The first-order valence-electron chi connectivity index (χ1n) is 9.96. The van der Waals surface area contributed by atoms with Crippen molar-refractivity contribution in [3.63, 3.8) is 0 Å². The lowest BCUT2D eigenvalue weighted by molar-refractivity contribution is -0.116. The van der Waals surface area contributed by atoms with Gasteiger partial charge in [0.1, 0.15) is 5.65 Å². The molecule has 0 atom stereocenters. The molecule has 0 radical (unpaired) electrons. The molecular formula is C19H26N8O2. The van der Waals surface area contributed by atoms with E-state index in [-0.39, 0.29) is 17.9 Å². The summed E-state index contributed by atoms with van der Waals surface area (Å²) >= 11 is 0. The number of H-pyrrole nitrogens is 2. The van der Waals surface area contributed by atoms with Crippen molar-refractivity contribution in [1.29, 1.82) is 0 Å². The lowest BCUT2D eigenvalue weighted by Gasteiger charge is -2.24. The molecule has 10 nitrogen and oxygen atoms in total. The maximum absolute atomic E-state index is 12.5. The molecular weight excluding hydrogens is 372 g/mol. The van der Waals surface area contributed by atoms with Crippen molar-refractivity contribution in [3.05, 3.63) is 27.2 Å². The fraction of sp³-hybridized carbons (Fsp3) is 0.526. The molecule has 0 saturated carbocycles. The van der Waals surface area contributed by atoms with Crippen LogP contribution in [0.4, 0.5) is 11.9 Å². The van der Waals surface area contributed by atoms with E-state index in [2.05, 4.69) is 35.5 Å². The third-order valence-electron chi connectivity index (χ3n) is 5.53. The molecule has 3 N–H and O–H groups in total. The molecule has 10 heteroatoms. The highest BCUT2D eigenvalue weighted by Crippen LogP contribution is 2.21. The van der Waals surface area contributed by atoms with Crippen LogP contribution in [0.1, 0.15) is 42.5 Å². The SMILES string of the molecule is Cc1nn(C)c2[nH]c(=O)c(CCC(=O)Nc3nc(N4CCCCC4)n[nH]3)c(C)c12. The van der Waals surface area contributed by atoms with Crippen molar-refractivity contribution in [1.82, 2.24) is 29.9 Å². The molecule has 1 fully saturated rings. The van der Waals surface area contributed by atoms with Gasteiger partial charge in [-0.25, -0.2) is 5.10 Å². The van der Waals surface area contributed by atoms with Gasteiger partial charge in [0.15, 0.2) is 0 Å². The number of nitrogens with one attached hydrogen (secondary N) is 3. The maximum atomic E-state index is 12.5. The topological polar surface area (TPSA) is 125 Å². The minimum absolute atomic E-state index is 0.175. The Morgan fingerprint density at radius 3 is 2.72 bits per heavy atom. The molecule has 29 heavy (non-hydrogen) atoms. The van der Waals surface area contributed by atoms with Crippen LogP contribution in [0, 0.1) is 13.8 Å². The van der Waals surface area contributed by atoms with E-state index in [0.717, 1.165) is 42.6 Å². The van der Waals surface area contributed by atoms with Crippen molar-refractivity contribution >= 4 is 28.8 Å². The number of rotatable bonds is 5. The number of aromatic nitrogens is 6. The van der Waals surface area contributed by atoms with Gasteiger partial charge in [-0.2, -0.15) is 10.1 Å². The Labute approximate surface area is 167 Å². The van der Waals surface area contributed by atoms with Gasteiger partial charge in [-0.1, -0.05) is 0 Å². The van der Waals surface area contributed by atoms with E-state index >= 15 is 0 Å². The zero-order valence-corrected chi connectivity index (χ0v) is 17.0. The molecule has 0 unspecified atom stereocenters. The molecule has 1 saturated heterocycles. The lowest BCUT2D eigenvalue weighted by Crippen LogP contribution is -2.30. The fourth-order valence-electron chi connectivity index (χ4n) is 4.03. The van der Waals surface area contributed by atoms with Crippen molar-refractivity contribution in [3.8, 4) is 0 Å². The first-order valence-corrected chi connectivity index (χ1v) is 9.96. The second-order valence-corrected chi connectivity index (χ2v) is 7.57. The molecule has 3 aromatic rings. The molecule has 0 aromatic carbocycles. The second kappa shape index (κ2) is 7.69. The molecule has 1 aliphatic rings. The summed E-state index contributed by atoms with van der Waals surface area (Å²) in [6.45, 7) is 5.68. The number of pyridine rings is 1. The molecule has 0 bridgehead atoms. The molecule has 0 aliphatic carbocycles. The van der Waals surface area contributed by atoms with Crippen LogP contribution in [0.15, 0.2) is 4.79 Å². The number of carbonyl (C=O) groups excluding carboxylic acids is 1. The van der Waals surface area contributed by atoms with E-state index in [4.69, 9.17) is 0 Å². The van der Waals surface area contributed by atoms with Crippen LogP contribution in [-0.4, -0.2) is 48.9 Å². The Morgan fingerprint density at radius 2 is 1.97 bits per heavy atom. The largest absolute Gasteiger partial charge is 0.340 e. The standard InChI is InChI=1S/C19H26N8O2/c1-11-13(17(29)21-16-15(11)12(2)25-26(16)3)7-8-14(28)20-18-22-19(24-23-18)27-9-5-4-6-10-27/h4-10H2,1-3H3,(H,21,29)(H2,20,22,23,24,28). The van der Waals surface area contributed by atoms with Crippen molar-refractivity contribution < 1.29 is 4.79 Å². The van der Waals surface area contributed by atoms with Gasteiger partial charge in [-0.05, 0) is 45.1 Å². The van der Waals surface area contributed by atoms with Gasteiger partial charge >= 0.3 is 0 Å². The van der Waals surface area contributed by atoms with Gasteiger partial charge in [0.25, 0.3) is 5.56 Å². The van der Waals surface area contributed by atoms with E-state index in [1.54, 1.807) is 11.7 Å². The van der Waals surface area contributed by atoms with Crippen LogP contribution in [0.3, 0.4) is 0 Å². The Balaban J connectivity index is 1.43. The molecule has 4 heterocycles. The van der Waals surface area contributed by atoms with Crippen LogP contribution in [0.5, 0.6) is 0 Å². The van der Waals surface area contributed by atoms with Crippen LogP contribution in [-0.2, 0) is 18.3 Å².